The molecule has 21 heavy (non-hydrogen) atoms. The normalized spacial score (nSPS) is 12.7. The molecule has 1 unspecified atom stereocenters. The van der Waals surface area contributed by atoms with Crippen LogP contribution in [-0.4, -0.2) is 7.05 Å². The van der Waals surface area contributed by atoms with Gasteiger partial charge >= 0.3 is 0 Å². The van der Waals surface area contributed by atoms with Gasteiger partial charge in [0.2, 0.25) is 0 Å². The smallest absolute Gasteiger partial charge is 0.124 e. The fourth-order valence-corrected chi connectivity index (χ4v) is 3.28. The van der Waals surface area contributed by atoms with Gasteiger partial charge in [0.25, 0.3) is 0 Å². The van der Waals surface area contributed by atoms with Crippen molar-refractivity contribution in [2.45, 2.75) is 32.2 Å². The molecule has 0 spiro atoms. The van der Waals surface area contributed by atoms with Crippen LogP contribution >= 0.6 is 22.6 Å². The lowest BCUT2D eigenvalue weighted by atomic mass is 9.96. The standard InChI is InChI=1S/C18H21FIN/c1-12(2)14-6-4-13(5-7-14)10-18(21-3)16-9-8-15(19)11-17(16)20/h4-9,11-12,18,21H,10H2,1-3H3. The summed E-state index contributed by atoms with van der Waals surface area (Å²) < 4.78 is 14.2. The molecule has 0 aliphatic rings. The van der Waals surface area contributed by atoms with Gasteiger partial charge in [-0.3, -0.25) is 0 Å². The number of halogens is 2. The Hall–Kier alpha value is -0.940. The molecule has 0 radical (unpaired) electrons. The maximum atomic E-state index is 13.2. The fraction of sp³-hybridized carbons (Fsp3) is 0.333. The molecule has 0 bridgehead atoms. The van der Waals surface area contributed by atoms with E-state index in [1.54, 1.807) is 6.07 Å². The third-order valence-electron chi connectivity index (χ3n) is 3.77. The first-order chi connectivity index (χ1) is 10.0. The highest BCUT2D eigenvalue weighted by Gasteiger charge is 2.14. The number of rotatable bonds is 5. The Balaban J connectivity index is 2.18. The van der Waals surface area contributed by atoms with Gasteiger partial charge in [0.05, 0.1) is 0 Å². The molecule has 2 aromatic carbocycles. The van der Waals surface area contributed by atoms with Crippen molar-refractivity contribution in [3.63, 3.8) is 0 Å². The van der Waals surface area contributed by atoms with Gasteiger partial charge in [-0.25, -0.2) is 4.39 Å². The van der Waals surface area contributed by atoms with Gasteiger partial charge in [-0.05, 0) is 70.8 Å². The number of hydrogen-bond acceptors (Lipinski definition) is 1. The zero-order valence-corrected chi connectivity index (χ0v) is 14.8. The average molecular weight is 397 g/mol. The van der Waals surface area contributed by atoms with Crippen LogP contribution in [0.3, 0.4) is 0 Å². The van der Waals surface area contributed by atoms with Crippen molar-refractivity contribution in [1.82, 2.24) is 5.32 Å². The summed E-state index contributed by atoms with van der Waals surface area (Å²) in [7, 11) is 1.95. The molecule has 3 heteroatoms. The van der Waals surface area contributed by atoms with E-state index in [0.717, 1.165) is 15.6 Å². The topological polar surface area (TPSA) is 12.0 Å². The molecular formula is C18H21FIN. The first-order valence-corrected chi connectivity index (χ1v) is 8.30. The summed E-state index contributed by atoms with van der Waals surface area (Å²) in [5.41, 5.74) is 3.79. The Morgan fingerprint density at radius 2 is 1.76 bits per heavy atom. The maximum Gasteiger partial charge on any atom is 0.124 e. The molecule has 0 fully saturated rings. The molecule has 0 aromatic heterocycles. The summed E-state index contributed by atoms with van der Waals surface area (Å²) in [5, 5.41) is 3.34. The van der Waals surface area contributed by atoms with Crippen LogP contribution in [0, 0.1) is 9.39 Å². The lowest BCUT2D eigenvalue weighted by Gasteiger charge is -2.19. The molecule has 1 atom stereocenters. The molecule has 2 rings (SSSR count). The fourth-order valence-electron chi connectivity index (χ4n) is 2.43. The van der Waals surface area contributed by atoms with E-state index in [4.69, 9.17) is 0 Å². The molecule has 0 saturated carbocycles. The van der Waals surface area contributed by atoms with E-state index in [2.05, 4.69) is 66.0 Å². The largest absolute Gasteiger partial charge is 0.313 e. The minimum Gasteiger partial charge on any atom is -0.313 e. The Bertz CT molecular complexity index is 593. The van der Waals surface area contributed by atoms with Gasteiger partial charge in [0.1, 0.15) is 5.82 Å². The van der Waals surface area contributed by atoms with Crippen molar-refractivity contribution in [3.8, 4) is 0 Å². The lowest BCUT2D eigenvalue weighted by molar-refractivity contribution is 0.582. The van der Waals surface area contributed by atoms with E-state index >= 15 is 0 Å². The molecule has 0 aliphatic carbocycles. The van der Waals surface area contributed by atoms with Crippen molar-refractivity contribution in [2.75, 3.05) is 7.05 Å². The second-order valence-corrected chi connectivity index (χ2v) is 6.77. The zero-order chi connectivity index (χ0) is 15.4. The maximum absolute atomic E-state index is 13.2. The Labute approximate surface area is 140 Å². The molecule has 2 aromatic rings. The van der Waals surface area contributed by atoms with Crippen molar-refractivity contribution in [3.05, 3.63) is 68.5 Å². The summed E-state index contributed by atoms with van der Waals surface area (Å²) in [6, 6.07) is 14.0. The van der Waals surface area contributed by atoms with Crippen LogP contribution in [-0.2, 0) is 6.42 Å². The van der Waals surface area contributed by atoms with Gasteiger partial charge in [-0.1, -0.05) is 44.2 Å². The van der Waals surface area contributed by atoms with E-state index in [1.165, 1.54) is 17.2 Å². The van der Waals surface area contributed by atoms with Crippen molar-refractivity contribution in [2.24, 2.45) is 0 Å². The third kappa shape index (κ3) is 4.27. The van der Waals surface area contributed by atoms with Gasteiger partial charge in [-0.15, -0.1) is 0 Å². The summed E-state index contributed by atoms with van der Waals surface area (Å²) in [5.74, 6) is 0.372. The first-order valence-electron chi connectivity index (χ1n) is 7.22. The van der Waals surface area contributed by atoms with Crippen LogP contribution in [0.5, 0.6) is 0 Å². The van der Waals surface area contributed by atoms with Crippen molar-refractivity contribution in [1.29, 1.82) is 0 Å². The summed E-state index contributed by atoms with van der Waals surface area (Å²) in [4.78, 5) is 0. The van der Waals surface area contributed by atoms with Gasteiger partial charge in [-0.2, -0.15) is 0 Å². The van der Waals surface area contributed by atoms with E-state index in [-0.39, 0.29) is 11.9 Å². The molecule has 0 saturated heterocycles. The number of benzene rings is 2. The Morgan fingerprint density at radius 1 is 1.10 bits per heavy atom. The van der Waals surface area contributed by atoms with Crippen molar-refractivity contribution >= 4 is 22.6 Å². The quantitative estimate of drug-likeness (QED) is 0.696. The zero-order valence-electron chi connectivity index (χ0n) is 12.7. The first kappa shape index (κ1) is 16.4. The molecule has 1 nitrogen and oxygen atoms in total. The van der Waals surface area contributed by atoms with Crippen molar-refractivity contribution < 1.29 is 4.39 Å². The van der Waals surface area contributed by atoms with Crippen LogP contribution in [0.25, 0.3) is 0 Å². The molecule has 112 valence electrons. The molecule has 0 amide bonds. The molecule has 0 heterocycles. The molecule has 1 N–H and O–H groups in total. The Morgan fingerprint density at radius 3 is 2.29 bits per heavy atom. The van der Waals surface area contributed by atoms with Crippen LogP contribution in [0.1, 0.15) is 42.5 Å². The highest BCUT2D eigenvalue weighted by atomic mass is 127. The second kappa shape index (κ2) is 7.36. The molecular weight excluding hydrogens is 376 g/mol. The van der Waals surface area contributed by atoms with Gasteiger partial charge < -0.3 is 5.32 Å². The molecule has 0 aliphatic heterocycles. The van der Waals surface area contributed by atoms with E-state index in [0.29, 0.717) is 5.92 Å². The number of likely N-dealkylation sites (N-methyl/N-ethyl adjacent to an activating group) is 1. The van der Waals surface area contributed by atoms with Crippen LogP contribution in [0.15, 0.2) is 42.5 Å². The predicted octanol–water partition coefficient (Wildman–Crippen LogP) is 5.06. The summed E-state index contributed by atoms with van der Waals surface area (Å²) in [6.07, 6.45) is 0.899. The van der Waals surface area contributed by atoms with Gasteiger partial charge in [0.15, 0.2) is 0 Å². The van der Waals surface area contributed by atoms with E-state index in [1.807, 2.05) is 13.1 Å². The second-order valence-electron chi connectivity index (χ2n) is 5.61. The third-order valence-corrected chi connectivity index (χ3v) is 4.71. The highest BCUT2D eigenvalue weighted by molar-refractivity contribution is 14.1. The van der Waals surface area contributed by atoms with Crippen LogP contribution in [0.2, 0.25) is 0 Å². The number of hydrogen-bond donors (Lipinski definition) is 1. The summed E-state index contributed by atoms with van der Waals surface area (Å²) >= 11 is 2.20. The minimum absolute atomic E-state index is 0.181. The SMILES string of the molecule is CNC(Cc1ccc(C(C)C)cc1)c1ccc(F)cc1I. The lowest BCUT2D eigenvalue weighted by Crippen LogP contribution is -2.20. The monoisotopic (exact) mass is 397 g/mol. The Kier molecular flexibility index (Phi) is 5.76. The van der Waals surface area contributed by atoms with E-state index < -0.39 is 0 Å². The summed E-state index contributed by atoms with van der Waals surface area (Å²) in [6.45, 7) is 4.40. The minimum atomic E-state index is -0.181. The highest BCUT2D eigenvalue weighted by Crippen LogP contribution is 2.25. The number of nitrogens with one attached hydrogen (secondary N) is 1. The van der Waals surface area contributed by atoms with E-state index in [9.17, 15) is 4.39 Å². The van der Waals surface area contributed by atoms with Crippen LogP contribution < -0.4 is 5.32 Å². The van der Waals surface area contributed by atoms with Gasteiger partial charge in [0, 0.05) is 9.61 Å². The predicted molar refractivity (Wildman–Crippen MR) is 95.2 cm³/mol. The average Bonchev–Trinajstić information content (AvgIpc) is 2.46. The van der Waals surface area contributed by atoms with Crippen LogP contribution in [0.4, 0.5) is 4.39 Å².